The van der Waals surface area contributed by atoms with Crippen LogP contribution in [0.5, 0.6) is 0 Å². The van der Waals surface area contributed by atoms with E-state index in [1.165, 1.54) is 28.6 Å². The van der Waals surface area contributed by atoms with E-state index in [-0.39, 0.29) is 29.8 Å². The smallest absolute Gasteiger partial charge is 0.243 e. The summed E-state index contributed by atoms with van der Waals surface area (Å²) >= 11 is 5.87. The molecule has 0 saturated carbocycles. The predicted molar refractivity (Wildman–Crippen MR) is 108 cm³/mol. The summed E-state index contributed by atoms with van der Waals surface area (Å²) in [4.78, 5) is 12.4. The summed E-state index contributed by atoms with van der Waals surface area (Å²) in [6.45, 7) is 6.25. The van der Waals surface area contributed by atoms with Gasteiger partial charge in [0, 0.05) is 18.1 Å². The van der Waals surface area contributed by atoms with Gasteiger partial charge in [0.05, 0.1) is 11.4 Å². The number of aryl methyl sites for hydroxylation is 1. The van der Waals surface area contributed by atoms with Crippen LogP contribution in [0.25, 0.3) is 0 Å². The lowest BCUT2D eigenvalue weighted by Crippen LogP contribution is -2.41. The molecule has 0 fully saturated rings. The Morgan fingerprint density at radius 1 is 1.11 bits per heavy atom. The molecular formula is C20H25ClN2O3S. The molecule has 0 aliphatic carbocycles. The first-order valence-electron chi connectivity index (χ1n) is 8.77. The number of nitrogens with zero attached hydrogens (tertiary/aromatic N) is 1. The van der Waals surface area contributed by atoms with Crippen molar-refractivity contribution in [2.75, 3.05) is 13.1 Å². The van der Waals surface area contributed by atoms with E-state index < -0.39 is 10.0 Å². The summed E-state index contributed by atoms with van der Waals surface area (Å²) in [7, 11) is -3.85. The third-order valence-electron chi connectivity index (χ3n) is 4.09. The normalized spacial score (nSPS) is 11.8. The van der Waals surface area contributed by atoms with E-state index in [0.29, 0.717) is 11.6 Å². The molecule has 0 bridgehead atoms. The van der Waals surface area contributed by atoms with Crippen LogP contribution in [0.3, 0.4) is 0 Å². The van der Waals surface area contributed by atoms with E-state index in [4.69, 9.17) is 11.6 Å². The molecule has 1 N–H and O–H groups in total. The number of carbonyl (C=O) groups excluding carboxylic acids is 1. The molecule has 0 radical (unpaired) electrons. The molecular weight excluding hydrogens is 384 g/mol. The fourth-order valence-corrected chi connectivity index (χ4v) is 3.99. The zero-order valence-electron chi connectivity index (χ0n) is 15.8. The number of hydrogen-bond acceptors (Lipinski definition) is 3. The summed E-state index contributed by atoms with van der Waals surface area (Å²) in [5.41, 5.74) is 1.82. The number of rotatable bonds is 8. The lowest BCUT2D eigenvalue weighted by atomic mass is 10.1. The molecule has 2 aromatic rings. The van der Waals surface area contributed by atoms with E-state index >= 15 is 0 Å². The van der Waals surface area contributed by atoms with Crippen molar-refractivity contribution in [3.63, 3.8) is 0 Å². The number of benzene rings is 2. The van der Waals surface area contributed by atoms with Crippen molar-refractivity contribution in [3.8, 4) is 0 Å². The molecule has 146 valence electrons. The van der Waals surface area contributed by atoms with E-state index in [2.05, 4.69) is 5.32 Å². The fourth-order valence-electron chi connectivity index (χ4n) is 2.49. The molecule has 5 nitrogen and oxygen atoms in total. The maximum atomic E-state index is 13.1. The maximum Gasteiger partial charge on any atom is 0.243 e. The van der Waals surface area contributed by atoms with Crippen molar-refractivity contribution in [2.24, 2.45) is 5.92 Å². The largest absolute Gasteiger partial charge is 0.355 e. The van der Waals surface area contributed by atoms with Gasteiger partial charge in [-0.05, 0) is 48.2 Å². The molecule has 0 aromatic heterocycles. The minimum absolute atomic E-state index is 0.108. The van der Waals surface area contributed by atoms with Gasteiger partial charge in [0.25, 0.3) is 0 Å². The highest BCUT2D eigenvalue weighted by Gasteiger charge is 2.27. The van der Waals surface area contributed by atoms with Crippen molar-refractivity contribution in [2.45, 2.75) is 32.2 Å². The number of carbonyl (C=O) groups is 1. The van der Waals surface area contributed by atoms with Crippen molar-refractivity contribution in [1.29, 1.82) is 0 Å². The highest BCUT2D eigenvalue weighted by molar-refractivity contribution is 7.89. The van der Waals surface area contributed by atoms with Gasteiger partial charge in [0.15, 0.2) is 0 Å². The highest BCUT2D eigenvalue weighted by atomic mass is 35.5. The maximum absolute atomic E-state index is 13.1. The molecule has 2 aromatic carbocycles. The van der Waals surface area contributed by atoms with E-state index in [9.17, 15) is 13.2 Å². The number of sulfonamides is 1. The first-order valence-corrected chi connectivity index (χ1v) is 10.6. The number of nitrogens with one attached hydrogen (secondary N) is 1. The van der Waals surface area contributed by atoms with Crippen LogP contribution in [-0.4, -0.2) is 31.7 Å². The Bertz CT molecular complexity index is 880. The van der Waals surface area contributed by atoms with E-state index in [1.807, 2.05) is 45.0 Å². The van der Waals surface area contributed by atoms with Crippen LogP contribution < -0.4 is 5.32 Å². The fraction of sp³-hybridized carbons (Fsp3) is 0.350. The van der Waals surface area contributed by atoms with Gasteiger partial charge < -0.3 is 5.32 Å². The molecule has 1 amide bonds. The van der Waals surface area contributed by atoms with Gasteiger partial charge in [0.1, 0.15) is 0 Å². The SMILES string of the molecule is Cc1ccccc1CN(CC(=O)NCC(C)C)S(=O)(=O)c1ccc(Cl)cc1. The molecule has 2 rings (SSSR count). The van der Waals surface area contributed by atoms with Crippen molar-refractivity contribution < 1.29 is 13.2 Å². The molecule has 0 spiro atoms. The zero-order chi connectivity index (χ0) is 20.0. The standard InChI is InChI=1S/C20H25ClN2O3S/c1-15(2)12-22-20(24)14-23(13-17-7-5-4-6-16(17)3)27(25,26)19-10-8-18(21)9-11-19/h4-11,15H,12-14H2,1-3H3,(H,22,24). The van der Waals surface area contributed by atoms with Crippen LogP contribution in [0.4, 0.5) is 0 Å². The number of hydrogen-bond donors (Lipinski definition) is 1. The van der Waals surface area contributed by atoms with Crippen LogP contribution in [0.1, 0.15) is 25.0 Å². The molecule has 7 heteroatoms. The van der Waals surface area contributed by atoms with Crippen LogP contribution in [-0.2, 0) is 21.4 Å². The van der Waals surface area contributed by atoms with Gasteiger partial charge in [-0.15, -0.1) is 0 Å². The van der Waals surface area contributed by atoms with Crippen LogP contribution >= 0.6 is 11.6 Å². The number of amides is 1. The Labute approximate surface area is 166 Å². The quantitative estimate of drug-likeness (QED) is 0.725. The highest BCUT2D eigenvalue weighted by Crippen LogP contribution is 2.21. The molecule has 0 aliphatic rings. The van der Waals surface area contributed by atoms with Gasteiger partial charge in [-0.2, -0.15) is 4.31 Å². The van der Waals surface area contributed by atoms with Crippen molar-refractivity contribution >= 4 is 27.5 Å². The number of halogens is 1. The molecule has 0 saturated heterocycles. The molecule has 0 unspecified atom stereocenters. The van der Waals surface area contributed by atoms with Gasteiger partial charge in [0.2, 0.25) is 15.9 Å². The molecule has 0 aliphatic heterocycles. The average Bonchev–Trinajstić information content (AvgIpc) is 2.61. The first-order chi connectivity index (χ1) is 12.7. The Hall–Kier alpha value is -1.89. The Balaban J connectivity index is 2.32. The first kappa shape index (κ1) is 21.4. The monoisotopic (exact) mass is 408 g/mol. The second-order valence-corrected chi connectivity index (χ2v) is 9.23. The summed E-state index contributed by atoms with van der Waals surface area (Å²) in [6, 6.07) is 13.5. The lowest BCUT2D eigenvalue weighted by molar-refractivity contribution is -0.121. The lowest BCUT2D eigenvalue weighted by Gasteiger charge is -2.23. The van der Waals surface area contributed by atoms with Gasteiger partial charge in [-0.25, -0.2) is 8.42 Å². The third-order valence-corrected chi connectivity index (χ3v) is 6.14. The van der Waals surface area contributed by atoms with Gasteiger partial charge in [-0.3, -0.25) is 4.79 Å². The average molecular weight is 409 g/mol. The Morgan fingerprint density at radius 2 is 1.74 bits per heavy atom. The van der Waals surface area contributed by atoms with Gasteiger partial charge in [-0.1, -0.05) is 49.7 Å². The Kier molecular flexibility index (Phi) is 7.41. The summed E-state index contributed by atoms with van der Waals surface area (Å²) in [5, 5.41) is 3.23. The van der Waals surface area contributed by atoms with Crippen LogP contribution in [0.15, 0.2) is 53.4 Å². The zero-order valence-corrected chi connectivity index (χ0v) is 17.3. The van der Waals surface area contributed by atoms with Gasteiger partial charge >= 0.3 is 0 Å². The van der Waals surface area contributed by atoms with Crippen molar-refractivity contribution in [3.05, 3.63) is 64.7 Å². The van der Waals surface area contributed by atoms with E-state index in [1.54, 1.807) is 0 Å². The van der Waals surface area contributed by atoms with Crippen LogP contribution in [0, 0.1) is 12.8 Å². The summed E-state index contributed by atoms with van der Waals surface area (Å²) < 4.78 is 27.5. The van der Waals surface area contributed by atoms with Crippen LogP contribution in [0.2, 0.25) is 5.02 Å². The third kappa shape index (κ3) is 6.06. The topological polar surface area (TPSA) is 66.5 Å². The summed E-state index contributed by atoms with van der Waals surface area (Å²) in [5.74, 6) is -0.0403. The van der Waals surface area contributed by atoms with Crippen molar-refractivity contribution in [1.82, 2.24) is 9.62 Å². The minimum atomic E-state index is -3.85. The van der Waals surface area contributed by atoms with E-state index in [0.717, 1.165) is 11.1 Å². The molecule has 27 heavy (non-hydrogen) atoms. The second kappa shape index (κ2) is 9.35. The predicted octanol–water partition coefficient (Wildman–Crippen LogP) is 3.61. The Morgan fingerprint density at radius 3 is 2.33 bits per heavy atom. The molecule has 0 atom stereocenters. The molecule has 0 heterocycles. The summed E-state index contributed by atoms with van der Waals surface area (Å²) in [6.07, 6.45) is 0. The second-order valence-electron chi connectivity index (χ2n) is 6.85. The minimum Gasteiger partial charge on any atom is -0.355 e.